The molecule has 0 aliphatic carbocycles. The van der Waals surface area contributed by atoms with Crippen LogP contribution < -0.4 is 10.0 Å². The number of rotatable bonds is 6. The van der Waals surface area contributed by atoms with Gasteiger partial charge in [0.2, 0.25) is 0 Å². The molecule has 0 spiro atoms. The third kappa shape index (κ3) is 4.61. The fraction of sp³-hybridized carbons (Fsp3) is 0.267. The minimum Gasteiger partial charge on any atom is -0.395 e. The smallest absolute Gasteiger partial charge is 0.258 e. The quantitative estimate of drug-likeness (QED) is 0.709. The van der Waals surface area contributed by atoms with E-state index in [0.29, 0.717) is 15.5 Å². The Morgan fingerprint density at radius 3 is 2.79 bits per heavy atom. The van der Waals surface area contributed by atoms with Crippen LogP contribution in [-0.4, -0.2) is 27.9 Å². The highest BCUT2D eigenvalue weighted by Crippen LogP contribution is 2.30. The van der Waals surface area contributed by atoms with Crippen LogP contribution in [0.15, 0.2) is 28.5 Å². The lowest BCUT2D eigenvalue weighted by Crippen LogP contribution is -2.30. The van der Waals surface area contributed by atoms with Crippen molar-refractivity contribution in [2.45, 2.75) is 24.1 Å². The monoisotopic (exact) mass is 390 g/mol. The second-order valence-corrected chi connectivity index (χ2v) is 8.27. The van der Waals surface area contributed by atoms with Gasteiger partial charge in [0.05, 0.1) is 12.2 Å². The number of anilines is 1. The summed E-state index contributed by atoms with van der Waals surface area (Å²) in [5.41, 5.74) is 1.04. The van der Waals surface area contributed by atoms with Gasteiger partial charge < -0.3 is 10.4 Å². The zero-order chi connectivity index (χ0) is 17.9. The molecule has 1 aromatic carbocycles. The summed E-state index contributed by atoms with van der Waals surface area (Å²) < 4.78 is 28.6. The van der Waals surface area contributed by atoms with E-state index in [2.05, 4.69) is 10.0 Å². The minimum absolute atomic E-state index is 0.165. The standard InChI is InChI=1S/C15H16ClFN2O3S2/c1-8-5-10(3-4-12(8)17)18-15(21)11-6-13(23-14(11)16)24(22)19-9(2)7-20/h3-6,9,19-20H,7H2,1-2H3,(H,18,21). The third-order valence-electron chi connectivity index (χ3n) is 3.09. The zero-order valence-corrected chi connectivity index (χ0v) is 15.3. The first-order valence-corrected chi connectivity index (χ1v) is 9.32. The summed E-state index contributed by atoms with van der Waals surface area (Å²) in [6.45, 7) is 3.11. The van der Waals surface area contributed by atoms with E-state index in [-0.39, 0.29) is 28.4 Å². The number of carbonyl (C=O) groups excluding carboxylic acids is 1. The number of benzene rings is 1. The molecule has 1 aromatic heterocycles. The molecular weight excluding hydrogens is 375 g/mol. The number of hydrogen-bond acceptors (Lipinski definition) is 4. The number of hydrogen-bond donors (Lipinski definition) is 3. The number of thiophene rings is 1. The minimum atomic E-state index is -1.58. The van der Waals surface area contributed by atoms with Crippen LogP contribution in [-0.2, 0) is 11.0 Å². The first-order chi connectivity index (χ1) is 11.3. The average molecular weight is 391 g/mol. The van der Waals surface area contributed by atoms with E-state index < -0.39 is 16.9 Å². The van der Waals surface area contributed by atoms with Crippen molar-refractivity contribution in [3.05, 3.63) is 45.5 Å². The lowest BCUT2D eigenvalue weighted by atomic mass is 10.2. The Morgan fingerprint density at radius 1 is 1.46 bits per heavy atom. The van der Waals surface area contributed by atoms with Gasteiger partial charge >= 0.3 is 0 Å². The number of aliphatic hydroxyl groups is 1. The van der Waals surface area contributed by atoms with E-state index in [9.17, 15) is 13.4 Å². The molecule has 3 N–H and O–H groups in total. The van der Waals surface area contributed by atoms with Crippen molar-refractivity contribution < 1.29 is 18.5 Å². The molecule has 0 saturated carbocycles. The van der Waals surface area contributed by atoms with Crippen molar-refractivity contribution in [3.63, 3.8) is 0 Å². The lowest BCUT2D eigenvalue weighted by Gasteiger charge is -2.08. The molecule has 9 heteroatoms. The van der Waals surface area contributed by atoms with E-state index in [4.69, 9.17) is 16.7 Å². The lowest BCUT2D eigenvalue weighted by molar-refractivity contribution is 0.102. The summed E-state index contributed by atoms with van der Waals surface area (Å²) in [5, 5.41) is 11.6. The van der Waals surface area contributed by atoms with Crippen molar-refractivity contribution in [3.8, 4) is 0 Å². The molecule has 24 heavy (non-hydrogen) atoms. The van der Waals surface area contributed by atoms with Crippen LogP contribution in [0.3, 0.4) is 0 Å². The van der Waals surface area contributed by atoms with Crippen molar-refractivity contribution >= 4 is 45.5 Å². The summed E-state index contributed by atoms with van der Waals surface area (Å²) in [6.07, 6.45) is 0. The molecule has 0 aliphatic rings. The molecule has 2 atom stereocenters. The highest BCUT2D eigenvalue weighted by atomic mass is 35.5. The Morgan fingerprint density at radius 2 is 2.17 bits per heavy atom. The molecule has 5 nitrogen and oxygen atoms in total. The average Bonchev–Trinajstić information content (AvgIpc) is 2.93. The van der Waals surface area contributed by atoms with Gasteiger partial charge in [0.25, 0.3) is 5.91 Å². The molecule has 1 amide bonds. The number of halogens is 2. The molecule has 0 fully saturated rings. The maximum absolute atomic E-state index is 13.3. The fourth-order valence-corrected chi connectivity index (χ4v) is 4.41. The molecule has 2 aromatic rings. The Hall–Kier alpha value is -1.32. The summed E-state index contributed by atoms with van der Waals surface area (Å²) in [5.74, 6) is -0.830. The number of aliphatic hydroxyl groups excluding tert-OH is 1. The maximum Gasteiger partial charge on any atom is 0.258 e. The number of aryl methyl sites for hydroxylation is 1. The Bertz CT molecular complexity index is 782. The highest BCUT2D eigenvalue weighted by Gasteiger charge is 2.19. The van der Waals surface area contributed by atoms with Crippen LogP contribution >= 0.6 is 22.9 Å². The van der Waals surface area contributed by atoms with E-state index in [1.54, 1.807) is 13.8 Å². The second kappa shape index (κ2) is 8.17. The predicted octanol–water partition coefficient (Wildman–Crippen LogP) is 3.09. The first-order valence-electron chi connectivity index (χ1n) is 6.97. The fourth-order valence-electron chi connectivity index (χ4n) is 1.79. The van der Waals surface area contributed by atoms with Crippen molar-refractivity contribution in [1.29, 1.82) is 0 Å². The van der Waals surface area contributed by atoms with E-state index in [1.807, 2.05) is 0 Å². The maximum atomic E-state index is 13.3. The van der Waals surface area contributed by atoms with Gasteiger partial charge in [-0.3, -0.25) is 4.79 Å². The van der Waals surface area contributed by atoms with E-state index in [1.165, 1.54) is 24.3 Å². The van der Waals surface area contributed by atoms with Gasteiger partial charge in [-0.05, 0) is 43.7 Å². The summed E-state index contributed by atoms with van der Waals surface area (Å²) in [6, 6.07) is 5.31. The van der Waals surface area contributed by atoms with Gasteiger partial charge in [-0.2, -0.15) is 0 Å². The van der Waals surface area contributed by atoms with Gasteiger partial charge in [0.15, 0.2) is 0 Å². The largest absolute Gasteiger partial charge is 0.395 e. The van der Waals surface area contributed by atoms with E-state index >= 15 is 0 Å². The normalized spacial score (nSPS) is 13.5. The van der Waals surface area contributed by atoms with Crippen molar-refractivity contribution in [2.24, 2.45) is 0 Å². The Labute approximate surface area is 150 Å². The summed E-state index contributed by atoms with van der Waals surface area (Å²) in [4.78, 5) is 12.3. The molecule has 1 heterocycles. The number of carbonyl (C=O) groups is 1. The van der Waals surface area contributed by atoms with Crippen LogP contribution in [0.25, 0.3) is 0 Å². The Balaban J connectivity index is 2.15. The van der Waals surface area contributed by atoms with Crippen LogP contribution in [0, 0.1) is 12.7 Å². The van der Waals surface area contributed by atoms with Gasteiger partial charge in [-0.15, -0.1) is 11.3 Å². The molecular formula is C15H16ClFN2O3S2. The second-order valence-electron chi connectivity index (χ2n) is 5.14. The van der Waals surface area contributed by atoms with Crippen LogP contribution in [0.1, 0.15) is 22.8 Å². The third-order valence-corrected chi connectivity index (χ3v) is 6.05. The van der Waals surface area contributed by atoms with Crippen LogP contribution in [0.5, 0.6) is 0 Å². The van der Waals surface area contributed by atoms with Crippen LogP contribution in [0.4, 0.5) is 10.1 Å². The van der Waals surface area contributed by atoms with Gasteiger partial charge in [0, 0.05) is 11.7 Å². The molecule has 0 aliphatic heterocycles. The zero-order valence-electron chi connectivity index (χ0n) is 12.9. The Kier molecular flexibility index (Phi) is 6.47. The number of nitrogens with one attached hydrogen (secondary N) is 2. The van der Waals surface area contributed by atoms with Gasteiger partial charge in [-0.1, -0.05) is 11.6 Å². The van der Waals surface area contributed by atoms with Crippen molar-refractivity contribution in [2.75, 3.05) is 11.9 Å². The molecule has 2 rings (SSSR count). The topological polar surface area (TPSA) is 78.4 Å². The summed E-state index contributed by atoms with van der Waals surface area (Å²) in [7, 11) is -1.58. The first kappa shape index (κ1) is 19.0. The SMILES string of the molecule is Cc1cc(NC(=O)c2cc(S(=O)NC(C)CO)sc2Cl)ccc1F. The van der Waals surface area contributed by atoms with Gasteiger partial charge in [0.1, 0.15) is 25.3 Å². The molecule has 130 valence electrons. The van der Waals surface area contributed by atoms with Crippen LogP contribution in [0.2, 0.25) is 4.34 Å². The van der Waals surface area contributed by atoms with Crippen molar-refractivity contribution in [1.82, 2.24) is 4.72 Å². The number of amides is 1. The van der Waals surface area contributed by atoms with Gasteiger partial charge in [-0.25, -0.2) is 13.3 Å². The molecule has 2 unspecified atom stereocenters. The molecule has 0 radical (unpaired) electrons. The predicted molar refractivity (Wildman–Crippen MR) is 94.5 cm³/mol. The van der Waals surface area contributed by atoms with E-state index in [0.717, 1.165) is 11.3 Å². The highest BCUT2D eigenvalue weighted by molar-refractivity contribution is 7.85. The summed E-state index contributed by atoms with van der Waals surface area (Å²) >= 11 is 7.08. The molecule has 0 saturated heterocycles. The molecule has 0 bridgehead atoms.